The molecule has 5 nitrogen and oxygen atoms in total. The summed E-state index contributed by atoms with van der Waals surface area (Å²) >= 11 is 0. The fourth-order valence-electron chi connectivity index (χ4n) is 2.47. The molecule has 1 amide bonds. The van der Waals surface area contributed by atoms with Gasteiger partial charge in [0.2, 0.25) is 0 Å². The van der Waals surface area contributed by atoms with Crippen molar-refractivity contribution in [2.45, 2.75) is 27.2 Å². The Morgan fingerprint density at radius 1 is 1.21 bits per heavy atom. The Labute approximate surface area is 138 Å². The quantitative estimate of drug-likeness (QED) is 0.780. The van der Waals surface area contributed by atoms with E-state index in [9.17, 15) is 9.18 Å². The lowest BCUT2D eigenvalue weighted by Gasteiger charge is -2.06. The molecule has 124 valence electrons. The average molecular weight is 328 g/mol. The molecule has 0 aliphatic rings. The number of benzene rings is 1. The van der Waals surface area contributed by atoms with Crippen LogP contribution >= 0.6 is 0 Å². The van der Waals surface area contributed by atoms with Crippen molar-refractivity contribution in [3.05, 3.63) is 70.3 Å². The van der Waals surface area contributed by atoms with Crippen molar-refractivity contribution in [1.82, 2.24) is 5.16 Å². The van der Waals surface area contributed by atoms with Crippen LogP contribution in [0.3, 0.4) is 0 Å². The number of carbonyl (C=O) groups excluding carboxylic acids is 1. The molecule has 3 aromatic rings. The first-order chi connectivity index (χ1) is 11.4. The van der Waals surface area contributed by atoms with Crippen LogP contribution in [0.5, 0.6) is 0 Å². The smallest absolute Gasteiger partial charge is 0.291 e. The Kier molecular flexibility index (Phi) is 4.20. The highest BCUT2D eigenvalue weighted by Crippen LogP contribution is 2.21. The van der Waals surface area contributed by atoms with Crippen molar-refractivity contribution >= 4 is 11.6 Å². The number of furan rings is 1. The summed E-state index contributed by atoms with van der Waals surface area (Å²) in [6.07, 6.45) is 0.504. The van der Waals surface area contributed by atoms with Crippen molar-refractivity contribution in [3.63, 3.8) is 0 Å². The van der Waals surface area contributed by atoms with Gasteiger partial charge < -0.3 is 14.3 Å². The summed E-state index contributed by atoms with van der Waals surface area (Å²) in [5.74, 6) is 0.850. The number of aromatic nitrogens is 1. The lowest BCUT2D eigenvalue weighted by Crippen LogP contribution is -2.11. The van der Waals surface area contributed by atoms with Gasteiger partial charge in [0.05, 0.1) is 5.69 Å². The molecule has 0 bridgehead atoms. The Bertz CT molecular complexity index is 876. The number of anilines is 1. The molecule has 0 saturated heterocycles. The first-order valence-electron chi connectivity index (χ1n) is 7.52. The van der Waals surface area contributed by atoms with Gasteiger partial charge in [-0.3, -0.25) is 4.79 Å². The van der Waals surface area contributed by atoms with Crippen LogP contribution < -0.4 is 5.32 Å². The minimum atomic E-state index is -0.380. The molecule has 6 heteroatoms. The molecule has 0 atom stereocenters. The van der Waals surface area contributed by atoms with Crippen LogP contribution in [0.4, 0.5) is 10.1 Å². The number of carbonyl (C=O) groups is 1. The van der Waals surface area contributed by atoms with Gasteiger partial charge in [-0.05, 0) is 56.7 Å². The maximum Gasteiger partial charge on any atom is 0.291 e. The van der Waals surface area contributed by atoms with Gasteiger partial charge in [-0.2, -0.15) is 0 Å². The molecule has 24 heavy (non-hydrogen) atoms. The van der Waals surface area contributed by atoms with Crippen molar-refractivity contribution in [2.24, 2.45) is 0 Å². The van der Waals surface area contributed by atoms with Crippen molar-refractivity contribution in [3.8, 4) is 0 Å². The predicted octanol–water partition coefficient (Wildman–Crippen LogP) is 4.18. The lowest BCUT2D eigenvalue weighted by atomic mass is 10.1. The molecule has 2 heterocycles. The van der Waals surface area contributed by atoms with E-state index in [1.54, 1.807) is 19.1 Å². The molecule has 0 aliphatic carbocycles. The average Bonchev–Trinajstić information content (AvgIpc) is 3.12. The van der Waals surface area contributed by atoms with Gasteiger partial charge in [-0.15, -0.1) is 0 Å². The highest BCUT2D eigenvalue weighted by Gasteiger charge is 2.16. The molecule has 0 saturated carbocycles. The summed E-state index contributed by atoms with van der Waals surface area (Å²) < 4.78 is 23.8. The van der Waals surface area contributed by atoms with E-state index in [-0.39, 0.29) is 17.5 Å². The molecular weight excluding hydrogens is 311 g/mol. The molecule has 0 unspecified atom stereocenters. The van der Waals surface area contributed by atoms with Crippen molar-refractivity contribution in [1.29, 1.82) is 0 Å². The van der Waals surface area contributed by atoms with Gasteiger partial charge in [0.15, 0.2) is 5.76 Å². The molecule has 0 fully saturated rings. The number of amides is 1. The zero-order valence-electron chi connectivity index (χ0n) is 13.6. The van der Waals surface area contributed by atoms with E-state index in [4.69, 9.17) is 8.94 Å². The Hall–Kier alpha value is -2.89. The maximum absolute atomic E-state index is 13.1. The van der Waals surface area contributed by atoms with E-state index in [1.165, 1.54) is 18.2 Å². The molecule has 3 rings (SSSR count). The van der Waals surface area contributed by atoms with Crippen molar-refractivity contribution in [2.75, 3.05) is 5.32 Å². The number of nitrogens with one attached hydrogen (secondary N) is 1. The molecule has 1 aromatic carbocycles. The number of halogens is 1. The summed E-state index contributed by atoms with van der Waals surface area (Å²) in [6.45, 7) is 5.42. The second-order valence-electron chi connectivity index (χ2n) is 5.66. The maximum atomic E-state index is 13.1. The van der Waals surface area contributed by atoms with E-state index in [0.717, 1.165) is 17.0 Å². The van der Waals surface area contributed by atoms with E-state index in [0.29, 0.717) is 23.4 Å². The third-order valence-electron chi connectivity index (χ3n) is 3.85. The SMILES string of the molecule is Cc1cc(F)ccc1NC(=O)c1ccc(Cc2c(C)noc2C)o1. The molecule has 0 aliphatic heterocycles. The lowest BCUT2D eigenvalue weighted by molar-refractivity contribution is 0.0995. The summed E-state index contributed by atoms with van der Waals surface area (Å²) in [4.78, 5) is 12.3. The highest BCUT2D eigenvalue weighted by atomic mass is 19.1. The minimum Gasteiger partial charge on any atom is -0.456 e. The first-order valence-corrected chi connectivity index (χ1v) is 7.52. The topological polar surface area (TPSA) is 68.3 Å². The van der Waals surface area contributed by atoms with Crippen LogP contribution in [0, 0.1) is 26.6 Å². The third kappa shape index (κ3) is 3.22. The van der Waals surface area contributed by atoms with E-state index >= 15 is 0 Å². The zero-order valence-corrected chi connectivity index (χ0v) is 13.6. The van der Waals surface area contributed by atoms with Crippen LogP contribution in [0.1, 0.15) is 38.9 Å². The fraction of sp³-hybridized carbons (Fsp3) is 0.222. The third-order valence-corrected chi connectivity index (χ3v) is 3.85. The summed E-state index contributed by atoms with van der Waals surface area (Å²) in [6, 6.07) is 7.55. The van der Waals surface area contributed by atoms with Crippen LogP contribution in [-0.4, -0.2) is 11.1 Å². The minimum absolute atomic E-state index is 0.195. The van der Waals surface area contributed by atoms with Gasteiger partial charge in [0.25, 0.3) is 5.91 Å². The molecule has 0 spiro atoms. The van der Waals surface area contributed by atoms with Crippen LogP contribution in [0.2, 0.25) is 0 Å². The largest absolute Gasteiger partial charge is 0.456 e. The van der Waals surface area contributed by atoms with E-state index in [2.05, 4.69) is 10.5 Å². The first kappa shape index (κ1) is 16.0. The monoisotopic (exact) mass is 328 g/mol. The summed E-state index contributed by atoms with van der Waals surface area (Å²) in [5, 5.41) is 6.62. The summed E-state index contributed by atoms with van der Waals surface area (Å²) in [5.41, 5.74) is 2.94. The van der Waals surface area contributed by atoms with Crippen LogP contribution in [-0.2, 0) is 6.42 Å². The molecule has 0 radical (unpaired) electrons. The fourth-order valence-corrected chi connectivity index (χ4v) is 2.47. The van der Waals surface area contributed by atoms with Gasteiger partial charge in [0.1, 0.15) is 17.3 Å². The van der Waals surface area contributed by atoms with Gasteiger partial charge in [-0.1, -0.05) is 5.16 Å². The van der Waals surface area contributed by atoms with Gasteiger partial charge >= 0.3 is 0 Å². The van der Waals surface area contributed by atoms with Gasteiger partial charge in [-0.25, -0.2) is 4.39 Å². The van der Waals surface area contributed by atoms with Crippen LogP contribution in [0.25, 0.3) is 0 Å². The number of hydrogen-bond donors (Lipinski definition) is 1. The molecule has 1 N–H and O–H groups in total. The van der Waals surface area contributed by atoms with Crippen molar-refractivity contribution < 1.29 is 18.1 Å². The Balaban J connectivity index is 1.74. The van der Waals surface area contributed by atoms with Gasteiger partial charge in [0, 0.05) is 17.7 Å². The molecule has 2 aromatic heterocycles. The Morgan fingerprint density at radius 3 is 2.67 bits per heavy atom. The predicted molar refractivity (Wildman–Crippen MR) is 86.6 cm³/mol. The number of nitrogens with zero attached hydrogens (tertiary/aromatic N) is 1. The summed E-state index contributed by atoms with van der Waals surface area (Å²) in [7, 11) is 0. The van der Waals surface area contributed by atoms with E-state index < -0.39 is 0 Å². The second-order valence-corrected chi connectivity index (χ2v) is 5.66. The zero-order chi connectivity index (χ0) is 17.3. The Morgan fingerprint density at radius 2 is 2.00 bits per heavy atom. The second kappa shape index (κ2) is 6.31. The molecular formula is C18H17FN2O3. The van der Waals surface area contributed by atoms with Crippen LogP contribution in [0.15, 0.2) is 39.3 Å². The normalized spacial score (nSPS) is 10.8. The number of aryl methyl sites for hydroxylation is 3. The standard InChI is InChI=1S/C18H17FN2O3/c1-10-8-13(19)4-6-16(10)20-18(22)17-7-5-14(23-17)9-15-11(2)21-24-12(15)3/h4-8H,9H2,1-3H3,(H,20,22). The number of rotatable bonds is 4. The number of hydrogen-bond acceptors (Lipinski definition) is 4. The van der Waals surface area contributed by atoms with E-state index in [1.807, 2.05) is 13.8 Å². The highest BCUT2D eigenvalue weighted by molar-refractivity contribution is 6.02.